The zero-order chi connectivity index (χ0) is 20.3. The fourth-order valence-electron chi connectivity index (χ4n) is 3.26. The third-order valence-corrected chi connectivity index (χ3v) is 5.98. The standard InChI is InChI=1S/C22H24N2O3S/c1-4-17-12-14-19(15-13-17)24(28(3,26)27)16(2)22(25)23-21-11-7-9-18-8-5-6-10-20(18)21/h5-16H,4H2,1-3H3,(H,23,25)/t16-/m0/s1. The van der Waals surface area contributed by atoms with Crippen LogP contribution in [0.25, 0.3) is 10.8 Å². The Balaban J connectivity index is 1.91. The summed E-state index contributed by atoms with van der Waals surface area (Å²) in [6.45, 7) is 3.62. The zero-order valence-corrected chi connectivity index (χ0v) is 17.0. The van der Waals surface area contributed by atoms with Gasteiger partial charge in [0.25, 0.3) is 0 Å². The maximum absolute atomic E-state index is 12.9. The van der Waals surface area contributed by atoms with E-state index in [9.17, 15) is 13.2 Å². The van der Waals surface area contributed by atoms with E-state index in [1.54, 1.807) is 19.1 Å². The summed E-state index contributed by atoms with van der Waals surface area (Å²) in [6, 6.07) is 19.7. The van der Waals surface area contributed by atoms with Crippen molar-refractivity contribution in [2.45, 2.75) is 26.3 Å². The molecule has 0 fully saturated rings. The Morgan fingerprint density at radius 1 is 1.00 bits per heavy atom. The molecule has 0 radical (unpaired) electrons. The first-order valence-corrected chi connectivity index (χ1v) is 11.0. The lowest BCUT2D eigenvalue weighted by Crippen LogP contribution is -2.45. The summed E-state index contributed by atoms with van der Waals surface area (Å²) in [7, 11) is -3.64. The minimum Gasteiger partial charge on any atom is -0.324 e. The number of anilines is 2. The van der Waals surface area contributed by atoms with E-state index in [0.717, 1.165) is 33.3 Å². The number of aryl methyl sites for hydroxylation is 1. The molecule has 1 N–H and O–H groups in total. The van der Waals surface area contributed by atoms with Gasteiger partial charge in [-0.2, -0.15) is 0 Å². The van der Waals surface area contributed by atoms with Gasteiger partial charge in [-0.25, -0.2) is 8.42 Å². The Kier molecular flexibility index (Phi) is 5.70. The van der Waals surface area contributed by atoms with Crippen molar-refractivity contribution in [3.63, 3.8) is 0 Å². The number of hydrogen-bond donors (Lipinski definition) is 1. The van der Waals surface area contributed by atoms with Crippen LogP contribution < -0.4 is 9.62 Å². The Morgan fingerprint density at radius 2 is 1.64 bits per heavy atom. The van der Waals surface area contributed by atoms with E-state index in [-0.39, 0.29) is 5.91 Å². The summed E-state index contributed by atoms with van der Waals surface area (Å²) < 4.78 is 26.0. The van der Waals surface area contributed by atoms with Crippen LogP contribution in [0, 0.1) is 0 Å². The van der Waals surface area contributed by atoms with Gasteiger partial charge in [0.1, 0.15) is 6.04 Å². The minimum atomic E-state index is -3.64. The van der Waals surface area contributed by atoms with Gasteiger partial charge in [-0.1, -0.05) is 55.5 Å². The predicted octanol–water partition coefficient (Wildman–Crippen LogP) is 4.20. The number of rotatable bonds is 6. The van der Waals surface area contributed by atoms with Gasteiger partial charge in [-0.05, 0) is 42.5 Å². The Labute approximate surface area is 166 Å². The summed E-state index contributed by atoms with van der Waals surface area (Å²) in [5.74, 6) is -0.388. The van der Waals surface area contributed by atoms with Gasteiger partial charge in [0.15, 0.2) is 0 Å². The second-order valence-corrected chi connectivity index (χ2v) is 8.63. The van der Waals surface area contributed by atoms with Crippen molar-refractivity contribution in [2.24, 2.45) is 0 Å². The molecule has 0 unspecified atom stereocenters. The molecule has 1 atom stereocenters. The van der Waals surface area contributed by atoms with E-state index in [4.69, 9.17) is 0 Å². The van der Waals surface area contributed by atoms with Crippen LogP contribution in [0.15, 0.2) is 66.7 Å². The van der Waals surface area contributed by atoms with Crippen LogP contribution in [0.5, 0.6) is 0 Å². The number of amides is 1. The number of hydrogen-bond acceptors (Lipinski definition) is 3. The molecule has 6 heteroatoms. The van der Waals surface area contributed by atoms with Crippen LogP contribution in [0.1, 0.15) is 19.4 Å². The fraction of sp³-hybridized carbons (Fsp3) is 0.227. The van der Waals surface area contributed by atoms with Gasteiger partial charge >= 0.3 is 0 Å². The van der Waals surface area contributed by atoms with Crippen molar-refractivity contribution in [3.05, 3.63) is 72.3 Å². The van der Waals surface area contributed by atoms with E-state index in [0.29, 0.717) is 11.4 Å². The van der Waals surface area contributed by atoms with Crippen LogP contribution >= 0.6 is 0 Å². The summed E-state index contributed by atoms with van der Waals surface area (Å²) >= 11 is 0. The zero-order valence-electron chi connectivity index (χ0n) is 16.2. The average Bonchev–Trinajstić information content (AvgIpc) is 2.68. The first-order valence-electron chi connectivity index (χ1n) is 9.18. The predicted molar refractivity (Wildman–Crippen MR) is 115 cm³/mol. The lowest BCUT2D eigenvalue weighted by molar-refractivity contribution is -0.116. The molecular formula is C22H24N2O3S. The van der Waals surface area contributed by atoms with Crippen molar-refractivity contribution in [1.29, 1.82) is 0 Å². The van der Waals surface area contributed by atoms with E-state index in [1.165, 1.54) is 0 Å². The highest BCUT2D eigenvalue weighted by atomic mass is 32.2. The molecule has 0 aliphatic heterocycles. The molecule has 0 aromatic heterocycles. The van der Waals surface area contributed by atoms with E-state index >= 15 is 0 Å². The fourth-order valence-corrected chi connectivity index (χ4v) is 4.43. The van der Waals surface area contributed by atoms with Gasteiger partial charge in [0, 0.05) is 11.1 Å². The van der Waals surface area contributed by atoms with Gasteiger partial charge in [0.2, 0.25) is 15.9 Å². The normalized spacial score (nSPS) is 12.5. The van der Waals surface area contributed by atoms with Gasteiger partial charge in [-0.3, -0.25) is 9.10 Å². The summed E-state index contributed by atoms with van der Waals surface area (Å²) in [5.41, 5.74) is 2.23. The molecule has 1 amide bonds. The largest absolute Gasteiger partial charge is 0.324 e. The first-order chi connectivity index (χ1) is 13.3. The van der Waals surface area contributed by atoms with Crippen LogP contribution in [-0.4, -0.2) is 26.6 Å². The molecule has 3 aromatic carbocycles. The highest BCUT2D eigenvalue weighted by Gasteiger charge is 2.29. The van der Waals surface area contributed by atoms with E-state index < -0.39 is 16.1 Å². The van der Waals surface area contributed by atoms with Gasteiger partial charge < -0.3 is 5.32 Å². The lowest BCUT2D eigenvalue weighted by Gasteiger charge is -2.28. The third kappa shape index (κ3) is 4.17. The van der Waals surface area contributed by atoms with E-state index in [1.807, 2.05) is 61.5 Å². The molecule has 0 aliphatic rings. The highest BCUT2D eigenvalue weighted by molar-refractivity contribution is 7.92. The molecule has 146 valence electrons. The van der Waals surface area contributed by atoms with Crippen LogP contribution in [0.4, 0.5) is 11.4 Å². The van der Waals surface area contributed by atoms with Crippen molar-refractivity contribution < 1.29 is 13.2 Å². The maximum Gasteiger partial charge on any atom is 0.248 e. The second-order valence-electron chi connectivity index (χ2n) is 6.77. The topological polar surface area (TPSA) is 66.5 Å². The Morgan fingerprint density at radius 3 is 2.29 bits per heavy atom. The number of carbonyl (C=O) groups excluding carboxylic acids is 1. The number of sulfonamides is 1. The van der Waals surface area contributed by atoms with Crippen molar-refractivity contribution in [3.8, 4) is 0 Å². The van der Waals surface area contributed by atoms with Crippen molar-refractivity contribution >= 4 is 38.1 Å². The lowest BCUT2D eigenvalue weighted by atomic mass is 10.1. The van der Waals surface area contributed by atoms with Crippen LogP contribution in [0.2, 0.25) is 0 Å². The first kappa shape index (κ1) is 19.9. The molecule has 3 aromatic rings. The molecular weight excluding hydrogens is 372 g/mol. The molecule has 0 saturated carbocycles. The second kappa shape index (κ2) is 8.02. The molecule has 0 aliphatic carbocycles. The molecule has 0 bridgehead atoms. The third-order valence-electron chi connectivity index (χ3n) is 4.74. The van der Waals surface area contributed by atoms with Gasteiger partial charge in [0.05, 0.1) is 11.9 Å². The van der Waals surface area contributed by atoms with E-state index in [2.05, 4.69) is 5.32 Å². The average molecular weight is 397 g/mol. The number of nitrogens with one attached hydrogen (secondary N) is 1. The van der Waals surface area contributed by atoms with Crippen molar-refractivity contribution in [1.82, 2.24) is 0 Å². The highest BCUT2D eigenvalue weighted by Crippen LogP contribution is 2.25. The molecule has 5 nitrogen and oxygen atoms in total. The smallest absolute Gasteiger partial charge is 0.248 e. The maximum atomic E-state index is 12.9. The quantitative estimate of drug-likeness (QED) is 0.679. The van der Waals surface area contributed by atoms with Crippen LogP contribution in [0.3, 0.4) is 0 Å². The molecule has 0 heterocycles. The Bertz CT molecular complexity index is 1090. The Hall–Kier alpha value is -2.86. The number of benzene rings is 3. The number of fused-ring (bicyclic) bond motifs is 1. The molecule has 0 spiro atoms. The molecule has 0 saturated heterocycles. The summed E-state index contributed by atoms with van der Waals surface area (Å²) in [4.78, 5) is 12.9. The minimum absolute atomic E-state index is 0.388. The number of carbonyl (C=O) groups is 1. The monoisotopic (exact) mass is 396 g/mol. The molecule has 3 rings (SSSR count). The van der Waals surface area contributed by atoms with Crippen LogP contribution in [-0.2, 0) is 21.2 Å². The van der Waals surface area contributed by atoms with Gasteiger partial charge in [-0.15, -0.1) is 0 Å². The summed E-state index contributed by atoms with van der Waals surface area (Å²) in [6.07, 6.45) is 1.97. The summed E-state index contributed by atoms with van der Waals surface area (Å²) in [5, 5.41) is 4.79. The number of nitrogens with zero attached hydrogens (tertiary/aromatic N) is 1. The van der Waals surface area contributed by atoms with Crippen molar-refractivity contribution in [2.75, 3.05) is 15.9 Å². The SMILES string of the molecule is CCc1ccc(N([C@@H](C)C(=O)Nc2cccc3ccccc23)S(C)(=O)=O)cc1. The molecule has 28 heavy (non-hydrogen) atoms.